The third-order valence-corrected chi connectivity index (χ3v) is 4.39. The van der Waals surface area contributed by atoms with E-state index in [-0.39, 0.29) is 18.6 Å². The molecule has 1 N–H and O–H groups in total. The summed E-state index contributed by atoms with van der Waals surface area (Å²) in [6.45, 7) is 0.896. The van der Waals surface area contributed by atoms with Gasteiger partial charge < -0.3 is 10.0 Å². The predicted octanol–water partition coefficient (Wildman–Crippen LogP) is 3.27. The Balaban J connectivity index is 1.87. The van der Waals surface area contributed by atoms with Crippen molar-refractivity contribution in [3.63, 3.8) is 0 Å². The van der Waals surface area contributed by atoms with Crippen LogP contribution >= 0.6 is 0 Å². The Labute approximate surface area is 131 Å². The molecule has 3 rings (SSSR count). The van der Waals surface area contributed by atoms with Crippen LogP contribution in [-0.4, -0.2) is 29.1 Å². The van der Waals surface area contributed by atoms with Crippen LogP contribution in [0.1, 0.15) is 34.8 Å². The van der Waals surface area contributed by atoms with Gasteiger partial charge in [-0.2, -0.15) is 0 Å². The van der Waals surface area contributed by atoms with E-state index in [0.717, 1.165) is 18.4 Å². The summed E-state index contributed by atoms with van der Waals surface area (Å²) in [6.07, 6.45) is 1.67. The SMILES string of the molecule is O=C(c1ccccc1)N1CC(CCO)CC1c1ccccc1. The first-order valence-corrected chi connectivity index (χ1v) is 7.81. The van der Waals surface area contributed by atoms with Crippen LogP contribution in [0.4, 0.5) is 0 Å². The van der Waals surface area contributed by atoms with Crippen LogP contribution in [0.15, 0.2) is 60.7 Å². The second-order valence-electron chi connectivity index (χ2n) is 5.86. The smallest absolute Gasteiger partial charge is 0.254 e. The van der Waals surface area contributed by atoms with Crippen LogP contribution in [0.5, 0.6) is 0 Å². The van der Waals surface area contributed by atoms with Gasteiger partial charge in [0.05, 0.1) is 6.04 Å². The second kappa shape index (κ2) is 6.75. The zero-order chi connectivity index (χ0) is 15.4. The van der Waals surface area contributed by atoms with E-state index >= 15 is 0 Å². The van der Waals surface area contributed by atoms with Gasteiger partial charge in [0.1, 0.15) is 0 Å². The topological polar surface area (TPSA) is 40.5 Å². The van der Waals surface area contributed by atoms with Gasteiger partial charge in [0.15, 0.2) is 0 Å². The molecule has 114 valence electrons. The number of rotatable bonds is 4. The predicted molar refractivity (Wildman–Crippen MR) is 86.5 cm³/mol. The first-order valence-electron chi connectivity index (χ1n) is 7.81. The fourth-order valence-corrected chi connectivity index (χ4v) is 3.28. The van der Waals surface area contributed by atoms with Gasteiger partial charge in [-0.3, -0.25) is 4.79 Å². The van der Waals surface area contributed by atoms with Crippen LogP contribution in [0.3, 0.4) is 0 Å². The molecule has 1 saturated heterocycles. The summed E-state index contributed by atoms with van der Waals surface area (Å²) >= 11 is 0. The van der Waals surface area contributed by atoms with Gasteiger partial charge in [-0.15, -0.1) is 0 Å². The third-order valence-electron chi connectivity index (χ3n) is 4.39. The molecule has 22 heavy (non-hydrogen) atoms. The molecule has 0 radical (unpaired) electrons. The fourth-order valence-electron chi connectivity index (χ4n) is 3.28. The maximum atomic E-state index is 12.8. The molecule has 1 aliphatic rings. The highest BCUT2D eigenvalue weighted by Crippen LogP contribution is 2.37. The number of likely N-dealkylation sites (tertiary alicyclic amines) is 1. The molecule has 2 aromatic rings. The Morgan fingerprint density at radius 1 is 1.05 bits per heavy atom. The molecule has 1 heterocycles. The monoisotopic (exact) mass is 295 g/mol. The number of carbonyl (C=O) groups excluding carboxylic acids is 1. The number of hydrogen-bond acceptors (Lipinski definition) is 2. The average molecular weight is 295 g/mol. The molecule has 0 spiro atoms. The van der Waals surface area contributed by atoms with E-state index < -0.39 is 0 Å². The summed E-state index contributed by atoms with van der Waals surface area (Å²) in [5.41, 5.74) is 1.90. The van der Waals surface area contributed by atoms with Crippen LogP contribution in [0, 0.1) is 5.92 Å². The molecule has 3 heteroatoms. The minimum Gasteiger partial charge on any atom is -0.396 e. The third kappa shape index (κ3) is 3.04. The van der Waals surface area contributed by atoms with E-state index in [0.29, 0.717) is 12.5 Å². The van der Waals surface area contributed by atoms with E-state index in [1.54, 1.807) is 0 Å². The zero-order valence-corrected chi connectivity index (χ0v) is 12.6. The molecule has 0 aromatic heterocycles. The number of hydrogen-bond donors (Lipinski definition) is 1. The number of carbonyl (C=O) groups is 1. The quantitative estimate of drug-likeness (QED) is 0.940. The minimum atomic E-state index is 0.0786. The van der Waals surface area contributed by atoms with E-state index in [2.05, 4.69) is 12.1 Å². The molecule has 3 nitrogen and oxygen atoms in total. The normalized spacial score (nSPS) is 21.0. The van der Waals surface area contributed by atoms with Crippen molar-refractivity contribution in [2.75, 3.05) is 13.2 Å². The van der Waals surface area contributed by atoms with Crippen molar-refractivity contribution in [3.05, 3.63) is 71.8 Å². The molecule has 1 aliphatic heterocycles. The lowest BCUT2D eigenvalue weighted by Gasteiger charge is -2.25. The summed E-state index contributed by atoms with van der Waals surface area (Å²) < 4.78 is 0. The van der Waals surface area contributed by atoms with Gasteiger partial charge in [0.2, 0.25) is 0 Å². The van der Waals surface area contributed by atoms with E-state index in [1.807, 2.05) is 53.4 Å². The maximum absolute atomic E-state index is 12.8. The van der Waals surface area contributed by atoms with Crippen LogP contribution < -0.4 is 0 Å². The molecule has 2 unspecified atom stereocenters. The molecular formula is C19H21NO2. The molecule has 2 aromatic carbocycles. The number of aliphatic hydroxyl groups excluding tert-OH is 1. The van der Waals surface area contributed by atoms with Crippen molar-refractivity contribution in [1.82, 2.24) is 4.90 Å². The standard InChI is InChI=1S/C19H21NO2/c21-12-11-15-13-18(16-7-3-1-4-8-16)20(14-15)19(22)17-9-5-2-6-10-17/h1-10,15,18,21H,11-14H2. The molecule has 1 fully saturated rings. The van der Waals surface area contributed by atoms with E-state index in [1.165, 1.54) is 5.56 Å². The van der Waals surface area contributed by atoms with Crippen molar-refractivity contribution in [3.8, 4) is 0 Å². The van der Waals surface area contributed by atoms with Gasteiger partial charge in [-0.1, -0.05) is 48.5 Å². The first kappa shape index (κ1) is 14.8. The van der Waals surface area contributed by atoms with E-state index in [9.17, 15) is 9.90 Å². The Bertz CT molecular complexity index is 612. The van der Waals surface area contributed by atoms with E-state index in [4.69, 9.17) is 0 Å². The molecular weight excluding hydrogens is 274 g/mol. The molecule has 0 saturated carbocycles. The summed E-state index contributed by atoms with van der Waals surface area (Å²) in [7, 11) is 0. The highest BCUT2D eigenvalue weighted by molar-refractivity contribution is 5.94. The lowest BCUT2D eigenvalue weighted by Crippen LogP contribution is -2.31. The van der Waals surface area contributed by atoms with Gasteiger partial charge in [0.25, 0.3) is 5.91 Å². The van der Waals surface area contributed by atoms with Crippen molar-refractivity contribution < 1.29 is 9.90 Å². The van der Waals surface area contributed by atoms with Crippen molar-refractivity contribution in [2.45, 2.75) is 18.9 Å². The number of aliphatic hydroxyl groups is 1. The van der Waals surface area contributed by atoms with Gasteiger partial charge in [0, 0.05) is 18.7 Å². The Morgan fingerprint density at radius 2 is 1.68 bits per heavy atom. The summed E-state index contributed by atoms with van der Waals surface area (Å²) in [4.78, 5) is 14.8. The summed E-state index contributed by atoms with van der Waals surface area (Å²) in [5.74, 6) is 0.442. The first-order chi connectivity index (χ1) is 10.8. The fraction of sp³-hybridized carbons (Fsp3) is 0.316. The van der Waals surface area contributed by atoms with Crippen LogP contribution in [-0.2, 0) is 0 Å². The average Bonchev–Trinajstić information content (AvgIpc) is 3.00. The maximum Gasteiger partial charge on any atom is 0.254 e. The Morgan fingerprint density at radius 3 is 2.32 bits per heavy atom. The lowest BCUT2D eigenvalue weighted by atomic mass is 9.98. The largest absolute Gasteiger partial charge is 0.396 e. The Kier molecular flexibility index (Phi) is 4.54. The van der Waals surface area contributed by atoms with Crippen molar-refractivity contribution in [1.29, 1.82) is 0 Å². The number of amides is 1. The summed E-state index contributed by atoms with van der Waals surface area (Å²) in [6, 6.07) is 19.7. The van der Waals surface area contributed by atoms with Gasteiger partial charge >= 0.3 is 0 Å². The van der Waals surface area contributed by atoms with Gasteiger partial charge in [-0.25, -0.2) is 0 Å². The molecule has 0 bridgehead atoms. The highest BCUT2D eigenvalue weighted by atomic mass is 16.3. The highest BCUT2D eigenvalue weighted by Gasteiger charge is 2.35. The van der Waals surface area contributed by atoms with Gasteiger partial charge in [-0.05, 0) is 36.5 Å². The summed E-state index contributed by atoms with van der Waals surface area (Å²) in [5, 5.41) is 9.22. The second-order valence-corrected chi connectivity index (χ2v) is 5.86. The molecule has 2 atom stereocenters. The molecule has 0 aliphatic carbocycles. The van der Waals surface area contributed by atoms with Crippen molar-refractivity contribution in [2.24, 2.45) is 5.92 Å². The zero-order valence-electron chi connectivity index (χ0n) is 12.6. The number of nitrogens with zero attached hydrogens (tertiary/aromatic N) is 1. The van der Waals surface area contributed by atoms with Crippen molar-refractivity contribution >= 4 is 5.91 Å². The van der Waals surface area contributed by atoms with Crippen LogP contribution in [0.2, 0.25) is 0 Å². The minimum absolute atomic E-state index is 0.0786. The lowest BCUT2D eigenvalue weighted by molar-refractivity contribution is 0.0730. The molecule has 1 amide bonds. The number of benzene rings is 2. The Hall–Kier alpha value is -2.13. The van der Waals surface area contributed by atoms with Crippen LogP contribution in [0.25, 0.3) is 0 Å².